The molecule has 1 aromatic carbocycles. The standard InChI is InChI=1S/C17H20O/c1-2-10-3-5-11(6-4-10)17(18)16-14-12-7-8-13(9-12)15(14)16/h3-6,12-16H,2,7-9H2,1H3. The molecule has 94 valence electrons. The van der Waals surface area contributed by atoms with Gasteiger partial charge in [-0.1, -0.05) is 31.2 Å². The molecule has 1 nitrogen and oxygen atoms in total. The third-order valence-electron chi connectivity index (χ3n) is 5.68. The van der Waals surface area contributed by atoms with Gasteiger partial charge in [-0.3, -0.25) is 4.79 Å². The van der Waals surface area contributed by atoms with E-state index in [0.29, 0.717) is 11.7 Å². The van der Waals surface area contributed by atoms with E-state index in [1.54, 1.807) is 0 Å². The summed E-state index contributed by atoms with van der Waals surface area (Å²) < 4.78 is 0. The first-order valence-corrected chi connectivity index (χ1v) is 7.42. The first-order chi connectivity index (χ1) is 8.79. The topological polar surface area (TPSA) is 17.1 Å². The molecule has 0 aromatic heterocycles. The van der Waals surface area contributed by atoms with Crippen LogP contribution in [0.2, 0.25) is 0 Å². The first-order valence-electron chi connectivity index (χ1n) is 7.42. The lowest BCUT2D eigenvalue weighted by atomic mass is 9.95. The van der Waals surface area contributed by atoms with Gasteiger partial charge in [-0.25, -0.2) is 0 Å². The van der Waals surface area contributed by atoms with Gasteiger partial charge in [0.1, 0.15) is 0 Å². The van der Waals surface area contributed by atoms with Gasteiger partial charge in [-0.15, -0.1) is 0 Å². The van der Waals surface area contributed by atoms with Gasteiger partial charge in [0.2, 0.25) is 0 Å². The summed E-state index contributed by atoms with van der Waals surface area (Å²) in [5.74, 6) is 4.14. The summed E-state index contributed by atoms with van der Waals surface area (Å²) in [7, 11) is 0. The zero-order valence-corrected chi connectivity index (χ0v) is 10.9. The van der Waals surface area contributed by atoms with Crippen LogP contribution in [0.1, 0.15) is 42.1 Å². The summed E-state index contributed by atoms with van der Waals surface area (Å²) in [5.41, 5.74) is 2.27. The van der Waals surface area contributed by atoms with Crippen molar-refractivity contribution in [2.24, 2.45) is 29.6 Å². The molecule has 0 spiro atoms. The average molecular weight is 240 g/mol. The van der Waals surface area contributed by atoms with Crippen LogP contribution in [-0.2, 0) is 6.42 Å². The maximum Gasteiger partial charge on any atom is 0.166 e. The molecule has 3 fully saturated rings. The number of hydrogen-bond donors (Lipinski definition) is 0. The molecular formula is C17H20O. The fraction of sp³-hybridized carbons (Fsp3) is 0.588. The van der Waals surface area contributed by atoms with Crippen LogP contribution in [0.4, 0.5) is 0 Å². The maximum absolute atomic E-state index is 12.5. The number of Topliss-reactive ketones (excluding diaryl/α,β-unsaturated/α-hetero) is 1. The molecule has 0 radical (unpaired) electrons. The molecule has 1 heteroatoms. The molecule has 18 heavy (non-hydrogen) atoms. The van der Waals surface area contributed by atoms with Crippen molar-refractivity contribution in [1.29, 1.82) is 0 Å². The first kappa shape index (κ1) is 10.8. The summed E-state index contributed by atoms with van der Waals surface area (Å²) in [4.78, 5) is 12.5. The minimum atomic E-state index is 0.392. The van der Waals surface area contributed by atoms with Crippen LogP contribution in [0.25, 0.3) is 0 Å². The Labute approximate surface area is 109 Å². The predicted molar refractivity (Wildman–Crippen MR) is 71.5 cm³/mol. The lowest BCUT2D eigenvalue weighted by Gasteiger charge is -2.08. The molecule has 4 rings (SSSR count). The Morgan fingerprint density at radius 1 is 1.11 bits per heavy atom. The van der Waals surface area contributed by atoms with Crippen molar-refractivity contribution in [3.63, 3.8) is 0 Å². The highest BCUT2D eigenvalue weighted by atomic mass is 16.1. The van der Waals surface area contributed by atoms with Gasteiger partial charge in [0.05, 0.1) is 0 Å². The minimum Gasteiger partial charge on any atom is -0.294 e. The molecule has 3 aliphatic rings. The molecule has 2 bridgehead atoms. The highest BCUT2D eigenvalue weighted by molar-refractivity contribution is 6.00. The van der Waals surface area contributed by atoms with Crippen LogP contribution in [0.3, 0.4) is 0 Å². The Kier molecular flexibility index (Phi) is 2.21. The number of carbonyl (C=O) groups excluding carboxylic acids is 1. The zero-order chi connectivity index (χ0) is 12.3. The predicted octanol–water partition coefficient (Wildman–Crippen LogP) is 3.72. The molecule has 0 N–H and O–H groups in total. The fourth-order valence-electron chi connectivity index (χ4n) is 4.77. The van der Waals surface area contributed by atoms with Gasteiger partial charge in [0.25, 0.3) is 0 Å². The summed E-state index contributed by atoms with van der Waals surface area (Å²) in [5, 5.41) is 0. The van der Waals surface area contributed by atoms with E-state index >= 15 is 0 Å². The van der Waals surface area contributed by atoms with Crippen LogP contribution in [0.5, 0.6) is 0 Å². The lowest BCUT2D eigenvalue weighted by Crippen LogP contribution is -2.10. The van der Waals surface area contributed by atoms with Crippen molar-refractivity contribution in [2.75, 3.05) is 0 Å². The third-order valence-corrected chi connectivity index (χ3v) is 5.68. The Bertz CT molecular complexity index is 471. The van der Waals surface area contributed by atoms with E-state index in [4.69, 9.17) is 0 Å². The molecule has 1 aromatic rings. The molecule has 3 aliphatic carbocycles. The highest BCUT2D eigenvalue weighted by Gasteiger charge is 2.67. The largest absolute Gasteiger partial charge is 0.294 e. The summed E-state index contributed by atoms with van der Waals surface area (Å²) >= 11 is 0. The third kappa shape index (κ3) is 1.36. The summed E-state index contributed by atoms with van der Waals surface area (Å²) in [6, 6.07) is 8.30. The van der Waals surface area contributed by atoms with Crippen LogP contribution in [0.15, 0.2) is 24.3 Å². The van der Waals surface area contributed by atoms with E-state index in [1.165, 1.54) is 24.8 Å². The lowest BCUT2D eigenvalue weighted by molar-refractivity contribution is 0.0944. The maximum atomic E-state index is 12.5. The average Bonchev–Trinajstić information content (AvgIpc) is 2.85. The van der Waals surface area contributed by atoms with Crippen LogP contribution < -0.4 is 0 Å². The number of aryl methyl sites for hydroxylation is 1. The van der Waals surface area contributed by atoms with Gasteiger partial charge in [-0.05, 0) is 54.9 Å². The van der Waals surface area contributed by atoms with E-state index in [0.717, 1.165) is 35.7 Å². The van der Waals surface area contributed by atoms with Crippen molar-refractivity contribution in [3.8, 4) is 0 Å². The molecule has 3 saturated carbocycles. The summed E-state index contributed by atoms with van der Waals surface area (Å²) in [6.07, 6.45) is 5.26. The van der Waals surface area contributed by atoms with Gasteiger partial charge >= 0.3 is 0 Å². The molecule has 0 amide bonds. The van der Waals surface area contributed by atoms with Crippen LogP contribution in [0, 0.1) is 29.6 Å². The summed E-state index contributed by atoms with van der Waals surface area (Å²) in [6.45, 7) is 2.15. The highest BCUT2D eigenvalue weighted by Crippen LogP contribution is 2.69. The Morgan fingerprint density at radius 3 is 2.28 bits per heavy atom. The monoisotopic (exact) mass is 240 g/mol. The molecular weight excluding hydrogens is 220 g/mol. The number of ketones is 1. The number of rotatable bonds is 3. The zero-order valence-electron chi connectivity index (χ0n) is 10.9. The molecule has 0 saturated heterocycles. The number of fused-ring (bicyclic) bond motifs is 5. The molecule has 4 unspecified atom stereocenters. The number of hydrogen-bond acceptors (Lipinski definition) is 1. The van der Waals surface area contributed by atoms with E-state index in [1.807, 2.05) is 12.1 Å². The van der Waals surface area contributed by atoms with E-state index in [9.17, 15) is 4.79 Å². The van der Waals surface area contributed by atoms with Crippen molar-refractivity contribution in [2.45, 2.75) is 32.6 Å². The second-order valence-corrected chi connectivity index (χ2v) is 6.43. The second kappa shape index (κ2) is 3.69. The van der Waals surface area contributed by atoms with Crippen molar-refractivity contribution >= 4 is 5.78 Å². The minimum absolute atomic E-state index is 0.392. The Hall–Kier alpha value is -1.11. The number of benzene rings is 1. The van der Waals surface area contributed by atoms with Crippen LogP contribution in [-0.4, -0.2) is 5.78 Å². The quantitative estimate of drug-likeness (QED) is 0.736. The van der Waals surface area contributed by atoms with Gasteiger partial charge < -0.3 is 0 Å². The van der Waals surface area contributed by atoms with Crippen LogP contribution >= 0.6 is 0 Å². The van der Waals surface area contributed by atoms with Crippen molar-refractivity contribution in [1.82, 2.24) is 0 Å². The smallest absolute Gasteiger partial charge is 0.166 e. The molecule has 4 atom stereocenters. The molecule has 0 heterocycles. The van der Waals surface area contributed by atoms with Crippen molar-refractivity contribution < 1.29 is 4.79 Å². The van der Waals surface area contributed by atoms with Crippen molar-refractivity contribution in [3.05, 3.63) is 35.4 Å². The van der Waals surface area contributed by atoms with E-state index in [-0.39, 0.29) is 0 Å². The van der Waals surface area contributed by atoms with E-state index in [2.05, 4.69) is 19.1 Å². The Morgan fingerprint density at radius 2 is 1.72 bits per heavy atom. The second-order valence-electron chi connectivity index (χ2n) is 6.43. The fourth-order valence-corrected chi connectivity index (χ4v) is 4.77. The van der Waals surface area contributed by atoms with Gasteiger partial charge in [0.15, 0.2) is 5.78 Å². The molecule has 0 aliphatic heterocycles. The Balaban J connectivity index is 1.54. The number of carbonyl (C=O) groups is 1. The normalized spacial score (nSPS) is 39.7. The van der Waals surface area contributed by atoms with Gasteiger partial charge in [0, 0.05) is 11.5 Å². The van der Waals surface area contributed by atoms with Gasteiger partial charge in [-0.2, -0.15) is 0 Å². The van der Waals surface area contributed by atoms with E-state index < -0.39 is 0 Å². The SMILES string of the molecule is CCc1ccc(C(=O)C2C3C4CCC(C4)C23)cc1.